The van der Waals surface area contributed by atoms with Crippen LogP contribution in [0, 0.1) is 0 Å². The van der Waals surface area contributed by atoms with Crippen LogP contribution in [-0.2, 0) is 16.0 Å². The number of carbonyl (C=O) groups excluding carboxylic acids is 1. The molecule has 0 saturated heterocycles. The highest BCUT2D eigenvalue weighted by Crippen LogP contribution is 2.10. The van der Waals surface area contributed by atoms with Gasteiger partial charge in [0.1, 0.15) is 0 Å². The highest BCUT2D eigenvalue weighted by molar-refractivity contribution is 5.92. The zero-order valence-corrected chi connectivity index (χ0v) is 10.00. The maximum Gasteiger partial charge on any atom is 0.303 e. The van der Waals surface area contributed by atoms with Crippen LogP contribution < -0.4 is 11.1 Å². The Morgan fingerprint density at radius 1 is 1.24 bits per heavy atom. The van der Waals surface area contributed by atoms with Gasteiger partial charge < -0.3 is 16.2 Å². The molecule has 1 aromatic rings. The summed E-state index contributed by atoms with van der Waals surface area (Å²) in [5, 5.41) is 11.1. The number of aryl methyl sites for hydroxylation is 1. The molecule has 1 amide bonds. The molecule has 0 aromatic heterocycles. The summed E-state index contributed by atoms with van der Waals surface area (Å²) >= 11 is 0. The Hall–Kier alpha value is -1.59. The average Bonchev–Trinajstić information content (AvgIpc) is 2.28. The van der Waals surface area contributed by atoms with Gasteiger partial charge in [0.2, 0.25) is 5.91 Å². The van der Waals surface area contributed by atoms with Crippen molar-refractivity contribution in [3.63, 3.8) is 0 Å². The van der Waals surface area contributed by atoms with Crippen molar-refractivity contribution in [2.75, 3.05) is 11.9 Å². The van der Waals surface area contributed by atoms with Crippen molar-refractivity contribution in [2.24, 2.45) is 5.73 Å². The molecular weight excluding hydrogens is 244 g/mol. The van der Waals surface area contributed by atoms with E-state index in [1.807, 2.05) is 0 Å². The first-order chi connectivity index (χ1) is 7.61. The number of carbonyl (C=O) groups is 2. The average molecular weight is 259 g/mol. The molecule has 0 heterocycles. The third-order valence-electron chi connectivity index (χ3n) is 2.05. The fraction of sp³-hybridized carbons (Fsp3) is 0.273. The number of halogens is 1. The number of anilines is 1. The van der Waals surface area contributed by atoms with E-state index in [2.05, 4.69) is 5.32 Å². The van der Waals surface area contributed by atoms with Gasteiger partial charge in [0.25, 0.3) is 0 Å². The lowest BCUT2D eigenvalue weighted by Crippen LogP contribution is -2.21. The third-order valence-corrected chi connectivity index (χ3v) is 2.05. The Labute approximate surface area is 105 Å². The summed E-state index contributed by atoms with van der Waals surface area (Å²) < 4.78 is 0. The summed E-state index contributed by atoms with van der Waals surface area (Å²) in [6.45, 7) is -0.0548. The zero-order chi connectivity index (χ0) is 12.0. The molecule has 1 aromatic carbocycles. The number of carboxylic acids is 1. The van der Waals surface area contributed by atoms with Gasteiger partial charge in [-0.25, -0.2) is 0 Å². The second kappa shape index (κ2) is 7.65. The maximum atomic E-state index is 11.0. The Bertz CT molecular complexity index is 379. The first kappa shape index (κ1) is 15.4. The minimum Gasteiger partial charge on any atom is -0.481 e. The Balaban J connectivity index is 0.00000256. The third kappa shape index (κ3) is 5.89. The molecule has 4 N–H and O–H groups in total. The van der Waals surface area contributed by atoms with Crippen molar-refractivity contribution < 1.29 is 14.7 Å². The minimum atomic E-state index is -0.819. The molecule has 0 aliphatic carbocycles. The summed E-state index contributed by atoms with van der Waals surface area (Å²) in [5.74, 6) is -1.07. The van der Waals surface area contributed by atoms with Crippen LogP contribution in [0.3, 0.4) is 0 Å². The SMILES string of the molecule is Cl.NCC(=O)Nc1ccc(CCC(=O)O)cc1. The number of amides is 1. The number of benzene rings is 1. The minimum absolute atomic E-state index is 0. The molecule has 0 spiro atoms. The molecule has 17 heavy (non-hydrogen) atoms. The van der Waals surface area contributed by atoms with Crippen molar-refractivity contribution in [3.05, 3.63) is 29.8 Å². The lowest BCUT2D eigenvalue weighted by molar-refractivity contribution is -0.137. The molecule has 0 fully saturated rings. The molecule has 0 atom stereocenters. The van der Waals surface area contributed by atoms with Gasteiger partial charge in [-0.1, -0.05) is 12.1 Å². The first-order valence-corrected chi connectivity index (χ1v) is 4.92. The maximum absolute atomic E-state index is 11.0. The molecule has 0 saturated carbocycles. The quantitative estimate of drug-likeness (QED) is 0.735. The second-order valence-corrected chi connectivity index (χ2v) is 3.34. The Kier molecular flexibility index (Phi) is 6.93. The lowest BCUT2D eigenvalue weighted by Gasteiger charge is -2.04. The molecule has 5 nitrogen and oxygen atoms in total. The van der Waals surface area contributed by atoms with Crippen LogP contribution in [0.5, 0.6) is 0 Å². The highest BCUT2D eigenvalue weighted by Gasteiger charge is 2.01. The van der Waals surface area contributed by atoms with Gasteiger partial charge in [0, 0.05) is 12.1 Å². The number of rotatable bonds is 5. The first-order valence-electron chi connectivity index (χ1n) is 4.92. The van der Waals surface area contributed by atoms with Gasteiger partial charge in [-0.05, 0) is 24.1 Å². The zero-order valence-electron chi connectivity index (χ0n) is 9.18. The van der Waals surface area contributed by atoms with E-state index >= 15 is 0 Å². The van der Waals surface area contributed by atoms with E-state index in [-0.39, 0.29) is 31.3 Å². The standard InChI is InChI=1S/C11H14N2O3.ClH/c12-7-10(14)13-9-4-1-8(2-5-9)3-6-11(15)16;/h1-2,4-5H,3,6-7,12H2,(H,13,14)(H,15,16);1H. The van der Waals surface area contributed by atoms with Gasteiger partial charge in [0.05, 0.1) is 6.54 Å². The van der Waals surface area contributed by atoms with Crippen LogP contribution >= 0.6 is 12.4 Å². The lowest BCUT2D eigenvalue weighted by atomic mass is 10.1. The van der Waals surface area contributed by atoms with Gasteiger partial charge in [-0.2, -0.15) is 0 Å². The van der Waals surface area contributed by atoms with E-state index in [0.717, 1.165) is 5.56 Å². The number of hydrogen-bond donors (Lipinski definition) is 3. The van der Waals surface area contributed by atoms with Crippen molar-refractivity contribution >= 4 is 30.0 Å². The molecule has 1 rings (SSSR count). The smallest absolute Gasteiger partial charge is 0.303 e. The van der Waals surface area contributed by atoms with Crippen LogP contribution in [-0.4, -0.2) is 23.5 Å². The molecule has 0 unspecified atom stereocenters. The van der Waals surface area contributed by atoms with Gasteiger partial charge in [-0.15, -0.1) is 12.4 Å². The number of carboxylic acid groups (broad SMARTS) is 1. The predicted molar refractivity (Wildman–Crippen MR) is 67.3 cm³/mol. The van der Waals surface area contributed by atoms with Crippen molar-refractivity contribution in [2.45, 2.75) is 12.8 Å². The number of nitrogens with one attached hydrogen (secondary N) is 1. The van der Waals surface area contributed by atoms with E-state index in [1.165, 1.54) is 0 Å². The van der Waals surface area contributed by atoms with E-state index in [9.17, 15) is 9.59 Å². The van der Waals surface area contributed by atoms with E-state index in [0.29, 0.717) is 12.1 Å². The van der Waals surface area contributed by atoms with Crippen molar-refractivity contribution in [3.8, 4) is 0 Å². The molecule has 0 bridgehead atoms. The summed E-state index contributed by atoms with van der Waals surface area (Å²) in [4.78, 5) is 21.3. The molecular formula is C11H15ClN2O3. The molecule has 0 radical (unpaired) electrons. The van der Waals surface area contributed by atoms with Crippen molar-refractivity contribution in [1.29, 1.82) is 0 Å². The van der Waals surface area contributed by atoms with Crippen LogP contribution in [0.4, 0.5) is 5.69 Å². The normalized spacial score (nSPS) is 9.24. The predicted octanol–water partition coefficient (Wildman–Crippen LogP) is 1.02. The summed E-state index contributed by atoms with van der Waals surface area (Å²) in [6.07, 6.45) is 0.592. The molecule has 94 valence electrons. The van der Waals surface area contributed by atoms with E-state index < -0.39 is 5.97 Å². The van der Waals surface area contributed by atoms with Crippen molar-refractivity contribution in [1.82, 2.24) is 0 Å². The Morgan fingerprint density at radius 3 is 2.29 bits per heavy atom. The second-order valence-electron chi connectivity index (χ2n) is 3.34. The van der Waals surface area contributed by atoms with E-state index in [4.69, 9.17) is 10.8 Å². The number of nitrogens with two attached hydrogens (primary N) is 1. The molecule has 0 aliphatic heterocycles. The summed E-state index contributed by atoms with van der Waals surface area (Å²) in [5.41, 5.74) is 6.74. The molecule has 6 heteroatoms. The van der Waals surface area contributed by atoms with Crippen LogP contribution in [0.15, 0.2) is 24.3 Å². The summed E-state index contributed by atoms with van der Waals surface area (Å²) in [7, 11) is 0. The highest BCUT2D eigenvalue weighted by atomic mass is 35.5. The van der Waals surface area contributed by atoms with Gasteiger partial charge in [0.15, 0.2) is 0 Å². The van der Waals surface area contributed by atoms with Gasteiger partial charge in [-0.3, -0.25) is 9.59 Å². The van der Waals surface area contributed by atoms with E-state index in [1.54, 1.807) is 24.3 Å². The van der Waals surface area contributed by atoms with Crippen LogP contribution in [0.1, 0.15) is 12.0 Å². The van der Waals surface area contributed by atoms with Crippen LogP contribution in [0.2, 0.25) is 0 Å². The van der Waals surface area contributed by atoms with Crippen LogP contribution in [0.25, 0.3) is 0 Å². The largest absolute Gasteiger partial charge is 0.481 e. The number of aliphatic carboxylic acids is 1. The fourth-order valence-corrected chi connectivity index (χ4v) is 1.22. The van der Waals surface area contributed by atoms with Gasteiger partial charge >= 0.3 is 5.97 Å². The monoisotopic (exact) mass is 258 g/mol. The number of hydrogen-bond acceptors (Lipinski definition) is 3. The Morgan fingerprint density at radius 2 is 1.82 bits per heavy atom. The molecule has 0 aliphatic rings. The summed E-state index contributed by atoms with van der Waals surface area (Å²) in [6, 6.07) is 7.03. The fourth-order valence-electron chi connectivity index (χ4n) is 1.22. The topological polar surface area (TPSA) is 92.4 Å².